The van der Waals surface area contributed by atoms with E-state index in [1.165, 1.54) is 0 Å². The van der Waals surface area contributed by atoms with E-state index < -0.39 is 0 Å². The van der Waals surface area contributed by atoms with E-state index in [-0.39, 0.29) is 18.2 Å². The number of piperidine rings is 1. The SMILES string of the molecule is CCOC(=O)N1CCC(NC(N)=NCC(OC)c2ccccc2)CC1. The molecule has 0 bridgehead atoms. The van der Waals surface area contributed by atoms with Crippen molar-refractivity contribution < 1.29 is 14.3 Å². The molecule has 1 aromatic rings. The molecule has 1 aliphatic heterocycles. The molecule has 1 unspecified atom stereocenters. The van der Waals surface area contributed by atoms with E-state index in [1.807, 2.05) is 37.3 Å². The zero-order chi connectivity index (χ0) is 18.1. The Hall–Kier alpha value is -2.28. The average molecular weight is 348 g/mol. The number of ether oxygens (including phenoxy) is 2. The van der Waals surface area contributed by atoms with Crippen LogP contribution >= 0.6 is 0 Å². The number of hydrogen-bond acceptors (Lipinski definition) is 4. The maximum absolute atomic E-state index is 11.7. The first-order chi connectivity index (χ1) is 12.1. The topological polar surface area (TPSA) is 89.2 Å². The number of aliphatic imine (C=N–C) groups is 1. The molecule has 1 heterocycles. The number of carbonyl (C=O) groups is 1. The maximum Gasteiger partial charge on any atom is 0.409 e. The Labute approximate surface area is 149 Å². The number of methoxy groups -OCH3 is 1. The summed E-state index contributed by atoms with van der Waals surface area (Å²) in [7, 11) is 1.67. The Balaban J connectivity index is 1.79. The highest BCUT2D eigenvalue weighted by Crippen LogP contribution is 2.16. The first kappa shape index (κ1) is 19.1. The third-order valence-corrected chi connectivity index (χ3v) is 4.26. The van der Waals surface area contributed by atoms with Crippen molar-refractivity contribution in [3.63, 3.8) is 0 Å². The lowest BCUT2D eigenvalue weighted by Gasteiger charge is -2.31. The van der Waals surface area contributed by atoms with E-state index >= 15 is 0 Å². The van der Waals surface area contributed by atoms with Crippen molar-refractivity contribution in [1.82, 2.24) is 10.2 Å². The highest BCUT2D eigenvalue weighted by atomic mass is 16.6. The fourth-order valence-corrected chi connectivity index (χ4v) is 2.84. The number of nitrogens with one attached hydrogen (secondary N) is 1. The average Bonchev–Trinajstić information content (AvgIpc) is 2.64. The number of hydrogen-bond donors (Lipinski definition) is 2. The van der Waals surface area contributed by atoms with Crippen LogP contribution in [0.1, 0.15) is 31.4 Å². The van der Waals surface area contributed by atoms with Crippen LogP contribution in [0.15, 0.2) is 35.3 Å². The van der Waals surface area contributed by atoms with Crippen LogP contribution < -0.4 is 11.1 Å². The van der Waals surface area contributed by atoms with Gasteiger partial charge in [0.25, 0.3) is 0 Å². The van der Waals surface area contributed by atoms with Crippen LogP contribution in [0.25, 0.3) is 0 Å². The van der Waals surface area contributed by atoms with E-state index in [9.17, 15) is 4.79 Å². The van der Waals surface area contributed by atoms with E-state index in [0.717, 1.165) is 18.4 Å². The van der Waals surface area contributed by atoms with Gasteiger partial charge >= 0.3 is 6.09 Å². The minimum Gasteiger partial charge on any atom is -0.450 e. The number of carbonyl (C=O) groups excluding carboxylic acids is 1. The van der Waals surface area contributed by atoms with E-state index in [4.69, 9.17) is 15.2 Å². The molecule has 1 fully saturated rings. The standard InChI is InChI=1S/C18H28N4O3/c1-3-25-18(23)22-11-9-15(10-12-22)21-17(19)20-13-16(24-2)14-7-5-4-6-8-14/h4-8,15-16H,3,9-13H2,1-2H3,(H3,19,20,21). The van der Waals surface area contributed by atoms with Crippen molar-refractivity contribution in [2.24, 2.45) is 10.7 Å². The van der Waals surface area contributed by atoms with Gasteiger partial charge in [0.2, 0.25) is 0 Å². The second-order valence-electron chi connectivity index (χ2n) is 5.97. The second-order valence-corrected chi connectivity index (χ2v) is 5.97. The summed E-state index contributed by atoms with van der Waals surface area (Å²) in [5, 5.41) is 3.23. The summed E-state index contributed by atoms with van der Waals surface area (Å²) < 4.78 is 10.5. The summed E-state index contributed by atoms with van der Waals surface area (Å²) in [6.07, 6.45) is 1.28. The molecule has 0 radical (unpaired) electrons. The number of guanidine groups is 1. The van der Waals surface area contributed by atoms with Gasteiger partial charge < -0.3 is 25.4 Å². The Morgan fingerprint density at radius 3 is 2.64 bits per heavy atom. The molecule has 25 heavy (non-hydrogen) atoms. The van der Waals surface area contributed by atoms with Crippen molar-refractivity contribution in [1.29, 1.82) is 0 Å². The molecule has 1 amide bonds. The van der Waals surface area contributed by atoms with Crippen LogP contribution in [0, 0.1) is 0 Å². The van der Waals surface area contributed by atoms with E-state index in [0.29, 0.717) is 32.2 Å². The van der Waals surface area contributed by atoms with E-state index in [1.54, 1.807) is 12.0 Å². The normalized spacial score (nSPS) is 17.2. The molecule has 7 heteroatoms. The molecule has 1 aliphatic rings. The fraction of sp³-hybridized carbons (Fsp3) is 0.556. The Morgan fingerprint density at radius 2 is 2.04 bits per heavy atom. The molecular formula is C18H28N4O3. The van der Waals surface area contributed by atoms with Crippen LogP contribution in [0.5, 0.6) is 0 Å². The summed E-state index contributed by atoms with van der Waals surface area (Å²) in [5.74, 6) is 0.410. The van der Waals surface area contributed by atoms with Crippen molar-refractivity contribution in [2.45, 2.75) is 31.9 Å². The van der Waals surface area contributed by atoms with Crippen LogP contribution in [-0.2, 0) is 9.47 Å². The number of amides is 1. The van der Waals surface area contributed by atoms with Crippen LogP contribution in [-0.4, -0.2) is 56.3 Å². The maximum atomic E-state index is 11.7. The highest BCUT2D eigenvalue weighted by Gasteiger charge is 2.23. The van der Waals surface area contributed by atoms with Gasteiger partial charge in [-0.05, 0) is 25.3 Å². The molecular weight excluding hydrogens is 320 g/mol. The molecule has 0 aromatic heterocycles. The zero-order valence-corrected chi connectivity index (χ0v) is 15.0. The molecule has 3 N–H and O–H groups in total. The molecule has 1 saturated heterocycles. The van der Waals surface area contributed by atoms with Gasteiger partial charge in [-0.3, -0.25) is 4.99 Å². The number of nitrogens with zero attached hydrogens (tertiary/aromatic N) is 2. The number of rotatable bonds is 6. The quantitative estimate of drug-likeness (QED) is 0.605. The second kappa shape index (κ2) is 9.88. The van der Waals surface area contributed by atoms with Gasteiger partial charge in [-0.2, -0.15) is 0 Å². The summed E-state index contributed by atoms with van der Waals surface area (Å²) >= 11 is 0. The van der Waals surface area contributed by atoms with Crippen LogP contribution in [0.3, 0.4) is 0 Å². The zero-order valence-electron chi connectivity index (χ0n) is 15.0. The minimum atomic E-state index is -0.242. The van der Waals surface area contributed by atoms with Gasteiger partial charge in [0.1, 0.15) is 6.10 Å². The van der Waals surface area contributed by atoms with Crippen LogP contribution in [0.4, 0.5) is 4.79 Å². The van der Waals surface area contributed by atoms with Gasteiger partial charge in [0, 0.05) is 26.2 Å². The lowest BCUT2D eigenvalue weighted by Crippen LogP contribution is -2.48. The van der Waals surface area contributed by atoms with Gasteiger partial charge in [-0.1, -0.05) is 30.3 Å². The largest absolute Gasteiger partial charge is 0.450 e. The van der Waals surface area contributed by atoms with Crippen molar-refractivity contribution >= 4 is 12.1 Å². The predicted octanol–water partition coefficient (Wildman–Crippen LogP) is 1.90. The van der Waals surface area contributed by atoms with Gasteiger partial charge in [-0.25, -0.2) is 4.79 Å². The summed E-state index contributed by atoms with van der Waals surface area (Å²) in [4.78, 5) is 17.8. The van der Waals surface area contributed by atoms with Crippen molar-refractivity contribution in [3.8, 4) is 0 Å². The molecule has 7 nitrogen and oxygen atoms in total. The number of likely N-dealkylation sites (tertiary alicyclic amines) is 1. The van der Waals surface area contributed by atoms with Gasteiger partial charge in [-0.15, -0.1) is 0 Å². The molecule has 1 atom stereocenters. The molecule has 0 aliphatic carbocycles. The monoisotopic (exact) mass is 348 g/mol. The number of nitrogens with two attached hydrogens (primary N) is 1. The summed E-state index contributed by atoms with van der Waals surface area (Å²) in [5.41, 5.74) is 7.08. The third-order valence-electron chi connectivity index (χ3n) is 4.26. The lowest BCUT2D eigenvalue weighted by molar-refractivity contribution is 0.0962. The third kappa shape index (κ3) is 5.94. The summed E-state index contributed by atoms with van der Waals surface area (Å²) in [6, 6.07) is 10.2. The predicted molar refractivity (Wildman–Crippen MR) is 97.4 cm³/mol. The number of benzene rings is 1. The molecule has 2 rings (SSSR count). The Kier molecular flexibility index (Phi) is 7.53. The fourth-order valence-electron chi connectivity index (χ4n) is 2.84. The minimum absolute atomic E-state index is 0.118. The van der Waals surface area contributed by atoms with Crippen molar-refractivity contribution in [3.05, 3.63) is 35.9 Å². The first-order valence-corrected chi connectivity index (χ1v) is 8.70. The van der Waals surface area contributed by atoms with Crippen molar-refractivity contribution in [2.75, 3.05) is 33.4 Å². The highest BCUT2D eigenvalue weighted by molar-refractivity contribution is 5.78. The van der Waals surface area contributed by atoms with Crippen LogP contribution in [0.2, 0.25) is 0 Å². The Bertz CT molecular complexity index is 557. The smallest absolute Gasteiger partial charge is 0.409 e. The van der Waals surface area contributed by atoms with Gasteiger partial charge in [0.15, 0.2) is 5.96 Å². The van der Waals surface area contributed by atoms with E-state index in [2.05, 4.69) is 10.3 Å². The summed E-state index contributed by atoms with van der Waals surface area (Å²) in [6.45, 7) is 3.99. The molecule has 1 aromatic carbocycles. The first-order valence-electron chi connectivity index (χ1n) is 8.70. The molecule has 138 valence electrons. The lowest BCUT2D eigenvalue weighted by atomic mass is 10.1. The Morgan fingerprint density at radius 1 is 1.36 bits per heavy atom. The molecule has 0 spiro atoms. The van der Waals surface area contributed by atoms with Gasteiger partial charge in [0.05, 0.1) is 13.2 Å². The molecule has 0 saturated carbocycles.